The maximum atomic E-state index is 14.9. The molecule has 0 spiro atoms. The number of H-pyrrole nitrogens is 1. The largest absolute Gasteiger partial charge is 0.421 e. The lowest BCUT2D eigenvalue weighted by atomic mass is 10.0. The molecule has 2 aliphatic rings. The second-order valence-electron chi connectivity index (χ2n) is 8.75. The average molecular weight is 449 g/mol. The highest BCUT2D eigenvalue weighted by Crippen LogP contribution is 2.42. The predicted molar refractivity (Wildman–Crippen MR) is 125 cm³/mol. The number of aromatic nitrogens is 5. The molecule has 1 aromatic carbocycles. The molecule has 33 heavy (non-hydrogen) atoms. The summed E-state index contributed by atoms with van der Waals surface area (Å²) in [5.41, 5.74) is 2.66. The summed E-state index contributed by atoms with van der Waals surface area (Å²) in [4.78, 5) is 23.6. The number of aryl methyl sites for hydroxylation is 2. The monoisotopic (exact) mass is 448 g/mol. The number of benzene rings is 1. The topological polar surface area (TPSA) is 104 Å². The summed E-state index contributed by atoms with van der Waals surface area (Å²) in [5, 5.41) is 8.20. The molecule has 0 bridgehead atoms. The lowest BCUT2D eigenvalue weighted by Crippen LogP contribution is -2.35. The van der Waals surface area contributed by atoms with E-state index in [0.29, 0.717) is 40.4 Å². The number of nitrogens with zero attached hydrogens (tertiary/aromatic N) is 5. The van der Waals surface area contributed by atoms with Crippen molar-refractivity contribution in [3.05, 3.63) is 35.7 Å². The van der Waals surface area contributed by atoms with Crippen molar-refractivity contribution >= 4 is 33.4 Å². The fourth-order valence-corrected chi connectivity index (χ4v) is 5.16. The number of anilines is 2. The quantitative estimate of drug-likeness (QED) is 0.437. The van der Waals surface area contributed by atoms with E-state index in [1.165, 1.54) is 6.07 Å². The third-order valence-corrected chi connectivity index (χ3v) is 6.84. The van der Waals surface area contributed by atoms with Gasteiger partial charge in [-0.2, -0.15) is 9.97 Å². The fourth-order valence-electron chi connectivity index (χ4n) is 5.16. The molecule has 0 amide bonds. The van der Waals surface area contributed by atoms with Crippen molar-refractivity contribution in [2.75, 3.05) is 36.9 Å². The van der Waals surface area contributed by atoms with Crippen LogP contribution in [0.1, 0.15) is 17.8 Å². The zero-order valence-corrected chi connectivity index (χ0v) is 18.7. The van der Waals surface area contributed by atoms with Crippen LogP contribution in [0.3, 0.4) is 0 Å². The van der Waals surface area contributed by atoms with E-state index in [9.17, 15) is 4.39 Å². The molecule has 9 nitrogen and oxygen atoms in total. The van der Waals surface area contributed by atoms with E-state index in [1.54, 1.807) is 26.4 Å². The molecule has 170 valence electrons. The molecule has 2 atom stereocenters. The van der Waals surface area contributed by atoms with Gasteiger partial charge < -0.3 is 25.3 Å². The number of nitrogens with one attached hydrogen (secondary N) is 3. The van der Waals surface area contributed by atoms with E-state index in [1.807, 2.05) is 6.92 Å². The van der Waals surface area contributed by atoms with Gasteiger partial charge in [0.2, 0.25) is 0 Å². The first-order chi connectivity index (χ1) is 16.0. The van der Waals surface area contributed by atoms with Gasteiger partial charge in [0, 0.05) is 38.1 Å². The number of hydrogen-bond acceptors (Lipinski definition) is 8. The minimum atomic E-state index is -0.266. The molecule has 2 saturated heterocycles. The summed E-state index contributed by atoms with van der Waals surface area (Å²) in [7, 11) is 1.78. The molecular formula is C23H25FN8O. The maximum Gasteiger partial charge on any atom is 0.326 e. The summed E-state index contributed by atoms with van der Waals surface area (Å²) in [6.07, 6.45) is 4.29. The Bertz CT molecular complexity index is 1370. The molecule has 0 aliphatic carbocycles. The van der Waals surface area contributed by atoms with Crippen molar-refractivity contribution < 1.29 is 9.13 Å². The summed E-state index contributed by atoms with van der Waals surface area (Å²) in [5.74, 6) is 2.19. The minimum Gasteiger partial charge on any atom is -0.421 e. The Balaban J connectivity index is 1.59. The van der Waals surface area contributed by atoms with Crippen LogP contribution in [0.25, 0.3) is 21.9 Å². The third-order valence-electron chi connectivity index (χ3n) is 6.84. The highest BCUT2D eigenvalue weighted by Gasteiger charge is 2.39. The second-order valence-corrected chi connectivity index (χ2v) is 8.75. The molecule has 2 fully saturated rings. The van der Waals surface area contributed by atoms with E-state index < -0.39 is 0 Å². The highest BCUT2D eigenvalue weighted by molar-refractivity contribution is 6.16. The van der Waals surface area contributed by atoms with Crippen LogP contribution in [0, 0.1) is 25.6 Å². The molecule has 6 rings (SSSR count). The Morgan fingerprint density at radius 2 is 1.97 bits per heavy atom. The van der Waals surface area contributed by atoms with Crippen LogP contribution in [0.2, 0.25) is 0 Å². The van der Waals surface area contributed by atoms with Crippen LogP contribution < -0.4 is 20.3 Å². The van der Waals surface area contributed by atoms with Gasteiger partial charge in [-0.1, -0.05) is 0 Å². The number of ether oxygens (including phenoxy) is 1. The Morgan fingerprint density at radius 1 is 1.15 bits per heavy atom. The summed E-state index contributed by atoms with van der Waals surface area (Å²) >= 11 is 0. The zero-order valence-electron chi connectivity index (χ0n) is 18.7. The first-order valence-electron chi connectivity index (χ1n) is 11.2. The Kier molecular flexibility index (Phi) is 4.58. The van der Waals surface area contributed by atoms with Crippen molar-refractivity contribution in [1.29, 1.82) is 0 Å². The number of aromatic amines is 1. The van der Waals surface area contributed by atoms with Crippen LogP contribution in [0.5, 0.6) is 11.8 Å². The molecular weight excluding hydrogens is 423 g/mol. The van der Waals surface area contributed by atoms with Gasteiger partial charge in [0.1, 0.15) is 23.1 Å². The lowest BCUT2D eigenvalue weighted by molar-refractivity contribution is 0.438. The van der Waals surface area contributed by atoms with Gasteiger partial charge in [0.05, 0.1) is 29.0 Å². The van der Waals surface area contributed by atoms with Crippen LogP contribution in [0.4, 0.5) is 15.9 Å². The first kappa shape index (κ1) is 20.1. The van der Waals surface area contributed by atoms with Crippen LogP contribution in [-0.4, -0.2) is 57.6 Å². The lowest BCUT2D eigenvalue weighted by Gasteiger charge is -2.25. The Hall–Kier alpha value is -3.53. The molecule has 0 unspecified atom stereocenters. The number of hydrogen-bond donors (Lipinski definition) is 3. The molecule has 0 radical (unpaired) electrons. The van der Waals surface area contributed by atoms with Crippen LogP contribution in [-0.2, 0) is 0 Å². The van der Waals surface area contributed by atoms with Gasteiger partial charge in [-0.25, -0.2) is 14.4 Å². The van der Waals surface area contributed by atoms with Crippen molar-refractivity contribution in [1.82, 2.24) is 30.2 Å². The third kappa shape index (κ3) is 3.16. The van der Waals surface area contributed by atoms with E-state index in [4.69, 9.17) is 9.72 Å². The molecule has 5 heterocycles. The van der Waals surface area contributed by atoms with Crippen molar-refractivity contribution in [3.8, 4) is 11.8 Å². The summed E-state index contributed by atoms with van der Waals surface area (Å²) < 4.78 is 20.8. The van der Waals surface area contributed by atoms with Crippen LogP contribution in [0.15, 0.2) is 18.5 Å². The molecule has 4 aromatic rings. The minimum absolute atomic E-state index is 0.204. The van der Waals surface area contributed by atoms with Crippen molar-refractivity contribution in [2.24, 2.45) is 5.92 Å². The smallest absolute Gasteiger partial charge is 0.326 e. The van der Waals surface area contributed by atoms with Crippen molar-refractivity contribution in [2.45, 2.75) is 26.3 Å². The summed E-state index contributed by atoms with van der Waals surface area (Å²) in [6.45, 7) is 6.40. The first-order valence-corrected chi connectivity index (χ1v) is 11.2. The SMILES string of the molecule is CNc1cc(F)c(C)c2c1[nH]c1nc(Oc3cnc(C)nc3)nc(N3CC[C@@H]4CNC[C@@H]43)c12. The van der Waals surface area contributed by atoms with Gasteiger partial charge in [-0.05, 0) is 37.8 Å². The Morgan fingerprint density at radius 3 is 2.76 bits per heavy atom. The number of fused-ring (bicyclic) bond motifs is 4. The molecule has 3 N–H and O–H groups in total. The zero-order chi connectivity index (χ0) is 22.7. The van der Waals surface area contributed by atoms with Crippen molar-refractivity contribution in [3.63, 3.8) is 0 Å². The number of halogens is 1. The highest BCUT2D eigenvalue weighted by atomic mass is 19.1. The average Bonchev–Trinajstić information content (AvgIpc) is 3.51. The van der Waals surface area contributed by atoms with Crippen LogP contribution >= 0.6 is 0 Å². The molecule has 2 aliphatic heterocycles. The van der Waals surface area contributed by atoms with Gasteiger partial charge in [-0.15, -0.1) is 0 Å². The van der Waals surface area contributed by atoms with Gasteiger partial charge in [0.25, 0.3) is 0 Å². The van der Waals surface area contributed by atoms with E-state index in [0.717, 1.165) is 48.2 Å². The van der Waals surface area contributed by atoms with E-state index in [-0.39, 0.29) is 11.8 Å². The fraction of sp³-hybridized carbons (Fsp3) is 0.391. The maximum absolute atomic E-state index is 14.9. The standard InChI is InChI=1S/C23H25FN8O/c1-11-15(24)6-16(25-3)20-18(11)19-21(29-20)30-23(33-14-8-27-12(2)28-9-14)31-22(19)32-5-4-13-7-26-10-17(13)32/h6,8-9,13,17,25-26H,4-5,7,10H2,1-3H3,(H,29,30,31)/t13-,17+/m1/s1. The molecule has 3 aromatic heterocycles. The normalized spacial score (nSPS) is 20.1. The number of rotatable bonds is 4. The van der Waals surface area contributed by atoms with Gasteiger partial charge in [-0.3, -0.25) is 0 Å². The molecule has 0 saturated carbocycles. The Labute approximate surface area is 189 Å². The van der Waals surface area contributed by atoms with Gasteiger partial charge in [0.15, 0.2) is 5.75 Å². The summed E-state index contributed by atoms with van der Waals surface area (Å²) in [6, 6.07) is 2.05. The molecule has 10 heteroatoms. The van der Waals surface area contributed by atoms with Gasteiger partial charge >= 0.3 is 6.01 Å². The predicted octanol–water partition coefficient (Wildman–Crippen LogP) is 3.29. The second kappa shape index (κ2) is 7.51. The van der Waals surface area contributed by atoms with E-state index >= 15 is 0 Å². The van der Waals surface area contributed by atoms with E-state index in [2.05, 4.69) is 35.5 Å².